The summed E-state index contributed by atoms with van der Waals surface area (Å²) in [5.41, 5.74) is 9.46. The fourth-order valence-corrected chi connectivity index (χ4v) is 6.12. The van der Waals surface area contributed by atoms with Gasteiger partial charge in [0.1, 0.15) is 0 Å². The molecule has 4 aromatic rings. The monoisotopic (exact) mass is 536 g/mol. The number of fused-ring (bicyclic) bond motifs is 1. The topological polar surface area (TPSA) is 88.8 Å². The Labute approximate surface area is 236 Å². The van der Waals surface area contributed by atoms with Gasteiger partial charge >= 0.3 is 0 Å². The van der Waals surface area contributed by atoms with Gasteiger partial charge in [-0.05, 0) is 69.1 Å². The van der Waals surface area contributed by atoms with Gasteiger partial charge in [0.2, 0.25) is 0 Å². The van der Waals surface area contributed by atoms with Crippen LogP contribution in [-0.4, -0.2) is 74.7 Å². The number of hydrogen-bond acceptors (Lipinski definition) is 6. The summed E-state index contributed by atoms with van der Waals surface area (Å²) in [4.78, 5) is 17.7. The molecule has 0 aromatic carbocycles. The zero-order valence-corrected chi connectivity index (χ0v) is 23.7. The molecule has 8 heteroatoms. The Morgan fingerprint density at radius 3 is 2.67 bits per heavy atom. The van der Waals surface area contributed by atoms with Gasteiger partial charge in [0.15, 0.2) is 5.65 Å². The Kier molecular flexibility index (Phi) is 7.80. The molecule has 0 unspecified atom stereocenters. The molecule has 1 saturated heterocycles. The van der Waals surface area contributed by atoms with E-state index < -0.39 is 0 Å². The number of hydrogen-bond donors (Lipinski definition) is 3. The summed E-state index contributed by atoms with van der Waals surface area (Å²) >= 11 is 0. The number of H-pyrrole nitrogens is 2. The highest BCUT2D eigenvalue weighted by Gasteiger charge is 2.21. The fraction of sp³-hybridized carbons (Fsp3) is 0.406. The lowest BCUT2D eigenvalue weighted by Gasteiger charge is -2.35. The molecule has 208 valence electrons. The quantitative estimate of drug-likeness (QED) is 0.249. The second-order valence-corrected chi connectivity index (χ2v) is 11.4. The summed E-state index contributed by atoms with van der Waals surface area (Å²) in [5, 5.41) is 12.4. The fourth-order valence-electron chi connectivity index (χ4n) is 6.12. The zero-order valence-electron chi connectivity index (χ0n) is 23.7. The van der Waals surface area contributed by atoms with Crippen molar-refractivity contribution in [3.63, 3.8) is 0 Å². The van der Waals surface area contributed by atoms with Crippen molar-refractivity contribution in [1.29, 1.82) is 0 Å². The van der Waals surface area contributed by atoms with Gasteiger partial charge in [-0.25, -0.2) is 4.98 Å². The molecule has 6 rings (SSSR count). The minimum Gasteiger partial charge on any atom is -0.368 e. The van der Waals surface area contributed by atoms with Gasteiger partial charge in [-0.3, -0.25) is 10.1 Å². The van der Waals surface area contributed by atoms with Crippen molar-refractivity contribution in [3.8, 4) is 22.5 Å². The minimum absolute atomic E-state index is 0.704. The maximum absolute atomic E-state index is 4.68. The summed E-state index contributed by atoms with van der Waals surface area (Å²) in [6, 6.07) is 6.61. The predicted molar refractivity (Wildman–Crippen MR) is 163 cm³/mol. The van der Waals surface area contributed by atoms with Gasteiger partial charge in [0, 0.05) is 84.8 Å². The average molecular weight is 537 g/mol. The number of rotatable bonds is 9. The van der Waals surface area contributed by atoms with E-state index in [0.29, 0.717) is 5.65 Å². The molecule has 2 fully saturated rings. The molecule has 1 saturated carbocycles. The third kappa shape index (κ3) is 5.60. The number of pyridine rings is 2. The lowest BCUT2D eigenvalue weighted by molar-refractivity contribution is 0.207. The van der Waals surface area contributed by atoms with Gasteiger partial charge in [-0.2, -0.15) is 5.10 Å². The predicted octanol–water partition coefficient (Wildman–Crippen LogP) is 5.38. The van der Waals surface area contributed by atoms with Crippen LogP contribution in [0.25, 0.3) is 39.2 Å². The molecule has 0 amide bonds. The summed E-state index contributed by atoms with van der Waals surface area (Å²) < 4.78 is 0. The van der Waals surface area contributed by atoms with Gasteiger partial charge < -0.3 is 20.1 Å². The Morgan fingerprint density at radius 1 is 1.07 bits per heavy atom. The van der Waals surface area contributed by atoms with Crippen molar-refractivity contribution in [2.24, 2.45) is 5.92 Å². The van der Waals surface area contributed by atoms with Gasteiger partial charge in [0.25, 0.3) is 0 Å². The molecule has 8 nitrogen and oxygen atoms in total. The number of nitrogens with one attached hydrogen (secondary N) is 3. The summed E-state index contributed by atoms with van der Waals surface area (Å²) in [6.07, 6.45) is 15.2. The van der Waals surface area contributed by atoms with Crippen molar-refractivity contribution in [3.05, 3.63) is 72.3 Å². The molecule has 1 aliphatic carbocycles. The van der Waals surface area contributed by atoms with E-state index in [-0.39, 0.29) is 0 Å². The number of aromatic nitrogens is 5. The van der Waals surface area contributed by atoms with E-state index in [1.807, 2.05) is 24.7 Å². The van der Waals surface area contributed by atoms with Crippen LogP contribution in [-0.2, 0) is 6.54 Å². The third-order valence-corrected chi connectivity index (χ3v) is 8.45. The molecule has 4 aromatic heterocycles. The first-order valence-electron chi connectivity index (χ1n) is 14.5. The van der Waals surface area contributed by atoms with Crippen LogP contribution in [0.4, 0.5) is 0 Å². The Balaban J connectivity index is 1.26. The SMILES string of the molecule is C=C/C=C(\c1cc(-c2[nH]nc3ncc(-c4cncc(CNCC5CCCC5)c4)cc23)[nH]c1C)N1CCN(C)CC1. The highest BCUT2D eigenvalue weighted by molar-refractivity contribution is 5.93. The van der Waals surface area contributed by atoms with E-state index in [4.69, 9.17) is 0 Å². The summed E-state index contributed by atoms with van der Waals surface area (Å²) in [7, 11) is 2.18. The molecule has 40 heavy (non-hydrogen) atoms. The first kappa shape index (κ1) is 26.5. The average Bonchev–Trinajstić information content (AvgIpc) is 3.72. The first-order chi connectivity index (χ1) is 19.6. The summed E-state index contributed by atoms with van der Waals surface area (Å²) in [6.45, 7) is 12.1. The molecule has 0 radical (unpaired) electrons. The lowest BCUT2D eigenvalue weighted by atomic mass is 10.0. The van der Waals surface area contributed by atoms with E-state index in [1.165, 1.54) is 42.5 Å². The number of nitrogens with zero attached hydrogens (tertiary/aromatic N) is 5. The summed E-state index contributed by atoms with van der Waals surface area (Å²) in [5.74, 6) is 0.823. The molecular weight excluding hydrogens is 496 g/mol. The Bertz CT molecular complexity index is 1500. The van der Waals surface area contributed by atoms with Crippen molar-refractivity contribution in [2.45, 2.75) is 39.2 Å². The number of likely N-dealkylation sites (N-methyl/N-ethyl adjacent to an activating group) is 1. The number of allylic oxidation sites excluding steroid dienone is 2. The van der Waals surface area contributed by atoms with Crippen molar-refractivity contribution >= 4 is 16.7 Å². The largest absolute Gasteiger partial charge is 0.368 e. The molecule has 0 atom stereocenters. The normalized spacial score (nSPS) is 17.2. The van der Waals surface area contributed by atoms with E-state index >= 15 is 0 Å². The zero-order chi connectivity index (χ0) is 27.5. The van der Waals surface area contributed by atoms with E-state index in [0.717, 1.165) is 78.8 Å². The van der Waals surface area contributed by atoms with E-state index in [1.54, 1.807) is 0 Å². The van der Waals surface area contributed by atoms with Crippen LogP contribution >= 0.6 is 0 Å². The Morgan fingerprint density at radius 2 is 1.88 bits per heavy atom. The van der Waals surface area contributed by atoms with Crippen molar-refractivity contribution < 1.29 is 0 Å². The van der Waals surface area contributed by atoms with Crippen LogP contribution in [0.15, 0.2) is 55.5 Å². The highest BCUT2D eigenvalue weighted by atomic mass is 15.3. The van der Waals surface area contributed by atoms with E-state index in [2.05, 4.69) is 85.1 Å². The number of aryl methyl sites for hydroxylation is 1. The maximum atomic E-state index is 4.68. The first-order valence-corrected chi connectivity index (χ1v) is 14.5. The van der Waals surface area contributed by atoms with Crippen LogP contribution in [0.5, 0.6) is 0 Å². The third-order valence-electron chi connectivity index (χ3n) is 8.45. The second-order valence-electron chi connectivity index (χ2n) is 11.4. The van der Waals surface area contributed by atoms with Crippen LogP contribution < -0.4 is 5.32 Å². The van der Waals surface area contributed by atoms with E-state index in [9.17, 15) is 0 Å². The number of piperazine rings is 1. The Hall–Kier alpha value is -3.75. The lowest BCUT2D eigenvalue weighted by Crippen LogP contribution is -2.43. The maximum Gasteiger partial charge on any atom is 0.181 e. The standard InChI is InChI=1S/C32H40N8/c1-4-7-30(40-12-10-39(3)11-13-40)27-16-29(36-22(27)2)31-28-15-26(21-35-32(28)38-37-31)25-14-24(19-34-20-25)18-33-17-23-8-5-6-9-23/h4,7,14-16,19-21,23,33,36H,1,5-6,8-13,17-18H2,2-3H3,(H,35,37,38)/b30-7+. The molecule has 5 heterocycles. The smallest absolute Gasteiger partial charge is 0.181 e. The van der Waals surface area contributed by atoms with Crippen LogP contribution in [0, 0.1) is 12.8 Å². The molecule has 3 N–H and O–H groups in total. The second kappa shape index (κ2) is 11.8. The molecule has 2 aliphatic rings. The molecule has 0 spiro atoms. The van der Waals surface area contributed by atoms with Crippen LogP contribution in [0.1, 0.15) is 42.5 Å². The molecule has 1 aliphatic heterocycles. The van der Waals surface area contributed by atoms with Crippen LogP contribution in [0.2, 0.25) is 0 Å². The molecule has 0 bridgehead atoms. The molecular formula is C32H40N8. The highest BCUT2D eigenvalue weighted by Crippen LogP contribution is 2.33. The van der Waals surface area contributed by atoms with Gasteiger partial charge in [-0.1, -0.05) is 25.5 Å². The van der Waals surface area contributed by atoms with Crippen molar-refractivity contribution in [2.75, 3.05) is 39.8 Å². The number of aromatic amines is 2. The van der Waals surface area contributed by atoms with Crippen molar-refractivity contribution in [1.82, 2.24) is 40.3 Å². The van der Waals surface area contributed by atoms with Crippen LogP contribution in [0.3, 0.4) is 0 Å². The van der Waals surface area contributed by atoms with Gasteiger partial charge in [-0.15, -0.1) is 0 Å². The van der Waals surface area contributed by atoms with Gasteiger partial charge in [0.05, 0.1) is 11.4 Å². The minimum atomic E-state index is 0.704.